The summed E-state index contributed by atoms with van der Waals surface area (Å²) in [6.45, 7) is 1.91. The van der Waals surface area contributed by atoms with Gasteiger partial charge in [0.1, 0.15) is 11.4 Å². The van der Waals surface area contributed by atoms with Gasteiger partial charge in [0.15, 0.2) is 5.82 Å². The number of anilines is 2. The fraction of sp³-hybridized carbons (Fsp3) is 0.286. The van der Waals surface area contributed by atoms with Crippen LogP contribution in [0.25, 0.3) is 0 Å². The molecule has 0 spiro atoms. The molecule has 1 aliphatic rings. The van der Waals surface area contributed by atoms with Crippen molar-refractivity contribution in [1.29, 1.82) is 5.26 Å². The fourth-order valence-electron chi connectivity index (χ4n) is 3.71. The molecule has 0 saturated carbocycles. The van der Waals surface area contributed by atoms with Gasteiger partial charge in [-0.25, -0.2) is 4.39 Å². The molecule has 3 heterocycles. The summed E-state index contributed by atoms with van der Waals surface area (Å²) >= 11 is 0. The lowest BCUT2D eigenvalue weighted by Crippen LogP contribution is -2.41. The molecule has 1 aromatic carbocycles. The molecule has 1 saturated heterocycles. The molecule has 1 aliphatic heterocycles. The number of carbonyl (C=O) groups excluding carboxylic acids is 1. The number of likely N-dealkylation sites (tertiary alicyclic amines) is 1. The maximum atomic E-state index is 13.2. The van der Waals surface area contributed by atoms with Gasteiger partial charge in [-0.15, -0.1) is 0 Å². The van der Waals surface area contributed by atoms with Crippen LogP contribution in [0.15, 0.2) is 48.8 Å². The van der Waals surface area contributed by atoms with Crippen molar-refractivity contribution in [3.8, 4) is 6.07 Å². The Bertz CT molecular complexity index is 1090. The number of benzene rings is 1. The summed E-state index contributed by atoms with van der Waals surface area (Å²) in [6, 6.07) is 11.5. The van der Waals surface area contributed by atoms with Crippen LogP contribution in [-0.4, -0.2) is 43.9 Å². The van der Waals surface area contributed by atoms with Crippen molar-refractivity contribution < 1.29 is 9.18 Å². The highest BCUT2D eigenvalue weighted by molar-refractivity contribution is 5.98. The lowest BCUT2D eigenvalue weighted by atomic mass is 9.93. The van der Waals surface area contributed by atoms with Crippen molar-refractivity contribution >= 4 is 17.4 Å². The summed E-state index contributed by atoms with van der Waals surface area (Å²) in [5.74, 6) is -1.01. The normalized spacial score (nSPS) is 19.0. The number of aromatic nitrogens is 4. The number of halogens is 1. The van der Waals surface area contributed by atoms with Crippen molar-refractivity contribution in [3.05, 3.63) is 65.9 Å². The van der Waals surface area contributed by atoms with E-state index in [4.69, 9.17) is 5.73 Å². The number of amides is 1. The molecule has 3 N–H and O–H groups in total. The van der Waals surface area contributed by atoms with Crippen LogP contribution >= 0.6 is 0 Å². The van der Waals surface area contributed by atoms with Crippen LogP contribution in [0.3, 0.4) is 0 Å². The third kappa shape index (κ3) is 4.67. The lowest BCUT2D eigenvalue weighted by Gasteiger charge is -2.35. The molecule has 1 unspecified atom stereocenters. The van der Waals surface area contributed by atoms with Crippen molar-refractivity contribution in [3.63, 3.8) is 0 Å². The van der Waals surface area contributed by atoms with Gasteiger partial charge < -0.3 is 11.1 Å². The number of nitrogens with two attached hydrogens (primary N) is 1. The molecular formula is C21H21FN8O. The van der Waals surface area contributed by atoms with Crippen LogP contribution in [0.4, 0.5) is 15.9 Å². The van der Waals surface area contributed by atoms with E-state index in [1.54, 1.807) is 29.2 Å². The maximum absolute atomic E-state index is 13.2. The highest BCUT2D eigenvalue weighted by atomic mass is 19.1. The molecule has 3 aromatic rings. The Labute approximate surface area is 178 Å². The number of carbonyl (C=O) groups is 1. The van der Waals surface area contributed by atoms with Gasteiger partial charge in [0.25, 0.3) is 5.91 Å². The Morgan fingerprint density at radius 1 is 1.32 bits per heavy atom. The van der Waals surface area contributed by atoms with Crippen molar-refractivity contribution in [1.82, 2.24) is 24.9 Å². The van der Waals surface area contributed by atoms with Gasteiger partial charge in [-0.2, -0.15) is 20.6 Å². The zero-order valence-corrected chi connectivity index (χ0v) is 16.6. The predicted octanol–water partition coefficient (Wildman–Crippen LogP) is 2.24. The lowest BCUT2D eigenvalue weighted by molar-refractivity contribution is 0.1000. The first-order valence-corrected chi connectivity index (χ1v) is 9.83. The first kappa shape index (κ1) is 20.4. The largest absolute Gasteiger partial charge is 0.365 e. The molecule has 0 bridgehead atoms. The molecule has 4 rings (SSSR count). The van der Waals surface area contributed by atoms with Crippen LogP contribution in [-0.2, 0) is 6.54 Å². The Morgan fingerprint density at radius 2 is 2.13 bits per heavy atom. The zero-order chi connectivity index (χ0) is 21.8. The molecule has 9 nitrogen and oxygen atoms in total. The number of primary amides is 1. The number of hydrogen-bond donors (Lipinski definition) is 2. The van der Waals surface area contributed by atoms with Crippen molar-refractivity contribution in [2.75, 3.05) is 18.4 Å². The topological polar surface area (TPSA) is 126 Å². The second kappa shape index (κ2) is 8.89. The van der Waals surface area contributed by atoms with Gasteiger partial charge in [-0.05, 0) is 49.4 Å². The van der Waals surface area contributed by atoms with Crippen molar-refractivity contribution in [2.45, 2.75) is 19.0 Å². The van der Waals surface area contributed by atoms with Crippen LogP contribution in [0.1, 0.15) is 28.5 Å². The molecule has 0 radical (unpaired) electrons. The molecule has 158 valence electrons. The second-order valence-electron chi connectivity index (χ2n) is 7.41. The highest BCUT2D eigenvalue weighted by Gasteiger charge is 2.32. The van der Waals surface area contributed by atoms with E-state index in [2.05, 4.69) is 31.6 Å². The quantitative estimate of drug-likeness (QED) is 0.626. The van der Waals surface area contributed by atoms with Crippen LogP contribution in [0, 0.1) is 23.1 Å². The Morgan fingerprint density at radius 3 is 2.81 bits per heavy atom. The second-order valence-corrected chi connectivity index (χ2v) is 7.41. The van der Waals surface area contributed by atoms with E-state index in [1.165, 1.54) is 12.1 Å². The van der Waals surface area contributed by atoms with Crippen LogP contribution in [0.5, 0.6) is 0 Å². The first-order valence-electron chi connectivity index (χ1n) is 9.83. The minimum absolute atomic E-state index is 0.201. The predicted molar refractivity (Wildman–Crippen MR) is 110 cm³/mol. The maximum Gasteiger partial charge on any atom is 0.254 e. The smallest absolute Gasteiger partial charge is 0.254 e. The van der Waals surface area contributed by atoms with Gasteiger partial charge in [-0.1, -0.05) is 0 Å². The van der Waals surface area contributed by atoms with Gasteiger partial charge in [0, 0.05) is 31.2 Å². The Kier molecular flexibility index (Phi) is 5.86. The van der Waals surface area contributed by atoms with E-state index < -0.39 is 5.91 Å². The summed E-state index contributed by atoms with van der Waals surface area (Å²) in [6.07, 6.45) is 3.85. The van der Waals surface area contributed by atoms with Crippen LogP contribution in [0.2, 0.25) is 0 Å². The Hall–Kier alpha value is -3.84. The summed E-state index contributed by atoms with van der Waals surface area (Å²) in [5.41, 5.74) is 7.16. The number of nitrogens with one attached hydrogen (secondary N) is 1. The average Bonchev–Trinajstić information content (AvgIpc) is 3.20. The monoisotopic (exact) mass is 420 g/mol. The number of hydrogen-bond acceptors (Lipinski definition) is 7. The van der Waals surface area contributed by atoms with E-state index in [-0.39, 0.29) is 29.2 Å². The summed E-state index contributed by atoms with van der Waals surface area (Å²) in [4.78, 5) is 14.2. The van der Waals surface area contributed by atoms with E-state index in [9.17, 15) is 14.4 Å². The highest BCUT2D eigenvalue weighted by Crippen LogP contribution is 2.30. The zero-order valence-electron chi connectivity index (χ0n) is 16.6. The first-order chi connectivity index (χ1) is 15.0. The molecule has 1 amide bonds. The van der Waals surface area contributed by atoms with E-state index >= 15 is 0 Å². The number of nitriles is 1. The molecule has 0 aliphatic carbocycles. The molecule has 2 atom stereocenters. The molecule has 10 heteroatoms. The van der Waals surface area contributed by atoms with E-state index in [0.717, 1.165) is 12.2 Å². The van der Waals surface area contributed by atoms with Crippen LogP contribution < -0.4 is 11.1 Å². The molecule has 2 aromatic heterocycles. The average molecular weight is 420 g/mol. The minimum Gasteiger partial charge on any atom is -0.365 e. The minimum atomic E-state index is -0.642. The standard InChI is InChI=1S/C21H21FN8O/c22-15-3-5-16(6-4-15)26-21-18(20(24)31)12-30(28-21)19-13-29(9-7-14(19)10-23)11-17-2-1-8-25-27-17/h1-6,8,12,14,19H,7,9,11,13H2,(H2,24,31)(H,26,28)/t14-,19?/m0/s1. The summed E-state index contributed by atoms with van der Waals surface area (Å²) in [5, 5.41) is 25.2. The van der Waals surface area contributed by atoms with Gasteiger partial charge in [0.2, 0.25) is 0 Å². The van der Waals surface area contributed by atoms with Crippen molar-refractivity contribution in [2.24, 2.45) is 11.7 Å². The molecule has 1 fully saturated rings. The third-order valence-electron chi connectivity index (χ3n) is 5.29. The molecule has 31 heavy (non-hydrogen) atoms. The fourth-order valence-corrected chi connectivity index (χ4v) is 3.71. The van der Waals surface area contributed by atoms with Gasteiger partial charge in [0.05, 0.1) is 23.7 Å². The summed E-state index contributed by atoms with van der Waals surface area (Å²) < 4.78 is 14.8. The van der Waals surface area contributed by atoms with Gasteiger partial charge >= 0.3 is 0 Å². The SMILES string of the molecule is N#C[C@@H]1CCN(Cc2cccnn2)CC1n1cc(C(N)=O)c(Nc2ccc(F)cc2)n1. The van der Waals surface area contributed by atoms with Gasteiger partial charge in [-0.3, -0.25) is 14.4 Å². The van der Waals surface area contributed by atoms with E-state index in [1.807, 2.05) is 12.1 Å². The number of rotatable bonds is 6. The third-order valence-corrected chi connectivity index (χ3v) is 5.29. The molecular weight excluding hydrogens is 399 g/mol. The summed E-state index contributed by atoms with van der Waals surface area (Å²) in [7, 11) is 0. The van der Waals surface area contributed by atoms with E-state index in [0.29, 0.717) is 25.2 Å². The number of piperidine rings is 1. The number of nitrogens with zero attached hydrogens (tertiary/aromatic N) is 6. The Balaban J connectivity index is 1.59.